The summed E-state index contributed by atoms with van der Waals surface area (Å²) in [5.74, 6) is 0.312. The summed E-state index contributed by atoms with van der Waals surface area (Å²) >= 11 is 0. The Hall–Kier alpha value is -1.43. The van der Waals surface area contributed by atoms with Gasteiger partial charge in [0, 0.05) is 26.8 Å². The van der Waals surface area contributed by atoms with Crippen LogP contribution in [0.4, 0.5) is 16.2 Å². The Bertz CT molecular complexity index is 423. The minimum Gasteiger partial charge on any atom is -0.385 e. The molecule has 1 aromatic rings. The Morgan fingerprint density at radius 2 is 2.21 bits per heavy atom. The molecule has 106 valence electrons. The average Bonchev–Trinajstić information content (AvgIpc) is 3.18. The third kappa shape index (κ3) is 3.76. The van der Waals surface area contributed by atoms with Gasteiger partial charge in [-0.05, 0) is 31.6 Å². The van der Waals surface area contributed by atoms with Crippen molar-refractivity contribution in [3.05, 3.63) is 12.0 Å². The predicted molar refractivity (Wildman–Crippen MR) is 72.8 cm³/mol. The normalized spacial score (nSPS) is 16.2. The van der Waals surface area contributed by atoms with Gasteiger partial charge < -0.3 is 15.4 Å². The first-order chi connectivity index (χ1) is 9.19. The molecular formula is C13H21FN4O. The van der Waals surface area contributed by atoms with E-state index in [-0.39, 0.29) is 11.2 Å². The van der Waals surface area contributed by atoms with Crippen LogP contribution in [0.5, 0.6) is 0 Å². The molecule has 1 saturated carbocycles. The summed E-state index contributed by atoms with van der Waals surface area (Å²) in [4.78, 5) is 8.01. The smallest absolute Gasteiger partial charge is 0.224 e. The van der Waals surface area contributed by atoms with E-state index < -0.39 is 5.82 Å². The van der Waals surface area contributed by atoms with Crippen molar-refractivity contribution < 1.29 is 9.13 Å². The number of hydrogen-bond acceptors (Lipinski definition) is 5. The van der Waals surface area contributed by atoms with Crippen molar-refractivity contribution in [1.29, 1.82) is 0 Å². The Morgan fingerprint density at radius 1 is 1.42 bits per heavy atom. The molecule has 2 rings (SSSR count). The quantitative estimate of drug-likeness (QED) is 0.757. The van der Waals surface area contributed by atoms with Gasteiger partial charge >= 0.3 is 0 Å². The number of methoxy groups -OCH3 is 1. The molecule has 0 bridgehead atoms. The summed E-state index contributed by atoms with van der Waals surface area (Å²) in [6.45, 7) is 4.14. The second-order valence-electron chi connectivity index (χ2n) is 5.02. The van der Waals surface area contributed by atoms with Gasteiger partial charge in [0.1, 0.15) is 0 Å². The number of hydrogen-bond donors (Lipinski definition) is 2. The molecule has 0 unspecified atom stereocenters. The Balaban J connectivity index is 1.93. The van der Waals surface area contributed by atoms with E-state index in [9.17, 15) is 4.39 Å². The van der Waals surface area contributed by atoms with Gasteiger partial charge in [0.25, 0.3) is 0 Å². The van der Waals surface area contributed by atoms with Crippen molar-refractivity contribution >= 4 is 11.8 Å². The van der Waals surface area contributed by atoms with Crippen molar-refractivity contribution in [2.45, 2.75) is 26.2 Å². The van der Waals surface area contributed by atoms with E-state index in [1.54, 1.807) is 7.11 Å². The molecule has 0 saturated heterocycles. The third-order valence-corrected chi connectivity index (χ3v) is 3.50. The highest BCUT2D eigenvalue weighted by molar-refractivity contribution is 5.41. The molecular weight excluding hydrogens is 247 g/mol. The van der Waals surface area contributed by atoms with E-state index in [2.05, 4.69) is 20.6 Å². The van der Waals surface area contributed by atoms with Gasteiger partial charge in [0.15, 0.2) is 11.6 Å². The lowest BCUT2D eigenvalue weighted by Crippen LogP contribution is -2.19. The number of rotatable bonds is 8. The zero-order valence-electron chi connectivity index (χ0n) is 11.5. The van der Waals surface area contributed by atoms with Crippen molar-refractivity contribution in [2.75, 3.05) is 37.4 Å². The van der Waals surface area contributed by atoms with Crippen molar-refractivity contribution in [3.63, 3.8) is 0 Å². The molecule has 0 spiro atoms. The highest BCUT2D eigenvalue weighted by Gasteiger charge is 2.41. The fourth-order valence-electron chi connectivity index (χ4n) is 2.02. The number of nitrogens with zero attached hydrogens (tertiary/aromatic N) is 2. The zero-order valence-corrected chi connectivity index (χ0v) is 11.5. The lowest BCUT2D eigenvalue weighted by atomic mass is 10.0. The summed E-state index contributed by atoms with van der Waals surface area (Å²) in [6, 6.07) is 0. The molecule has 6 heteroatoms. The van der Waals surface area contributed by atoms with Crippen LogP contribution in [0.1, 0.15) is 26.2 Å². The summed E-state index contributed by atoms with van der Waals surface area (Å²) in [5.41, 5.74) is 0.256. The van der Waals surface area contributed by atoms with Crippen molar-refractivity contribution in [2.24, 2.45) is 5.41 Å². The standard InChI is InChI=1S/C13H21FN4O/c1-3-15-12-16-8-10(14)11(18-12)17-9-13(4-5-13)6-7-19-2/h8H,3-7,9H2,1-2H3,(H2,15,16,17,18). The van der Waals surface area contributed by atoms with Crippen molar-refractivity contribution in [1.82, 2.24) is 9.97 Å². The lowest BCUT2D eigenvalue weighted by Gasteiger charge is -2.16. The molecule has 1 aromatic heterocycles. The average molecular weight is 268 g/mol. The highest BCUT2D eigenvalue weighted by Crippen LogP contribution is 2.48. The summed E-state index contributed by atoms with van der Waals surface area (Å²) in [7, 11) is 1.70. The van der Waals surface area contributed by atoms with Gasteiger partial charge in [-0.2, -0.15) is 4.98 Å². The van der Waals surface area contributed by atoms with Crippen LogP contribution >= 0.6 is 0 Å². The largest absolute Gasteiger partial charge is 0.385 e. The summed E-state index contributed by atoms with van der Waals surface area (Å²) in [6.07, 6.45) is 4.53. The van der Waals surface area contributed by atoms with Crippen LogP contribution in [0, 0.1) is 11.2 Å². The van der Waals surface area contributed by atoms with Crippen LogP contribution in [0.3, 0.4) is 0 Å². The van der Waals surface area contributed by atoms with Gasteiger partial charge in [-0.3, -0.25) is 0 Å². The second kappa shape index (κ2) is 6.14. The molecule has 0 aromatic carbocycles. The van der Waals surface area contributed by atoms with Crippen LogP contribution < -0.4 is 10.6 Å². The van der Waals surface area contributed by atoms with E-state index in [1.165, 1.54) is 6.20 Å². The van der Waals surface area contributed by atoms with Gasteiger partial charge in [-0.15, -0.1) is 0 Å². The van der Waals surface area contributed by atoms with Crippen molar-refractivity contribution in [3.8, 4) is 0 Å². The third-order valence-electron chi connectivity index (χ3n) is 3.50. The first kappa shape index (κ1) is 14.0. The minimum atomic E-state index is -0.413. The van der Waals surface area contributed by atoms with E-state index in [0.29, 0.717) is 12.5 Å². The number of nitrogens with one attached hydrogen (secondary N) is 2. The van der Waals surface area contributed by atoms with Crippen LogP contribution in [-0.4, -0.2) is 36.8 Å². The van der Waals surface area contributed by atoms with Gasteiger partial charge in [0.2, 0.25) is 5.95 Å². The summed E-state index contributed by atoms with van der Waals surface area (Å²) in [5, 5.41) is 6.08. The lowest BCUT2D eigenvalue weighted by molar-refractivity contribution is 0.175. The van der Waals surface area contributed by atoms with E-state index >= 15 is 0 Å². The molecule has 2 N–H and O–H groups in total. The monoisotopic (exact) mass is 268 g/mol. The maximum Gasteiger partial charge on any atom is 0.224 e. The zero-order chi connectivity index (χ0) is 13.7. The van der Waals surface area contributed by atoms with Gasteiger partial charge in [-0.1, -0.05) is 0 Å². The van der Waals surface area contributed by atoms with Crippen LogP contribution in [-0.2, 0) is 4.74 Å². The molecule has 0 aliphatic heterocycles. The predicted octanol–water partition coefficient (Wildman–Crippen LogP) is 2.28. The number of halogens is 1. The highest BCUT2D eigenvalue weighted by atomic mass is 19.1. The summed E-state index contributed by atoms with van der Waals surface area (Å²) < 4.78 is 18.7. The Morgan fingerprint density at radius 3 is 2.84 bits per heavy atom. The van der Waals surface area contributed by atoms with E-state index in [1.807, 2.05) is 6.92 Å². The van der Waals surface area contributed by atoms with Crippen LogP contribution in [0.2, 0.25) is 0 Å². The van der Waals surface area contributed by atoms with E-state index in [0.717, 1.165) is 32.4 Å². The first-order valence-corrected chi connectivity index (χ1v) is 6.68. The Labute approximate surface area is 113 Å². The van der Waals surface area contributed by atoms with Gasteiger partial charge in [0.05, 0.1) is 6.20 Å². The molecule has 1 aliphatic rings. The van der Waals surface area contributed by atoms with Crippen LogP contribution in [0.25, 0.3) is 0 Å². The SMILES string of the molecule is CCNc1ncc(F)c(NCC2(CCOC)CC2)n1. The topological polar surface area (TPSA) is 59.1 Å². The maximum atomic E-state index is 13.6. The first-order valence-electron chi connectivity index (χ1n) is 6.68. The fourth-order valence-corrected chi connectivity index (χ4v) is 2.02. The molecule has 1 fully saturated rings. The molecule has 1 aliphatic carbocycles. The minimum absolute atomic E-state index is 0.256. The number of anilines is 2. The van der Waals surface area contributed by atoms with Gasteiger partial charge in [-0.25, -0.2) is 9.37 Å². The molecule has 0 atom stereocenters. The number of ether oxygens (including phenoxy) is 1. The molecule has 1 heterocycles. The molecule has 0 amide bonds. The Kier molecular flexibility index (Phi) is 4.52. The molecule has 5 nitrogen and oxygen atoms in total. The second-order valence-corrected chi connectivity index (χ2v) is 5.02. The molecule has 19 heavy (non-hydrogen) atoms. The molecule has 0 radical (unpaired) electrons. The fraction of sp³-hybridized carbons (Fsp3) is 0.692. The number of aromatic nitrogens is 2. The van der Waals surface area contributed by atoms with E-state index in [4.69, 9.17) is 4.74 Å². The maximum absolute atomic E-state index is 13.6. The van der Waals surface area contributed by atoms with Crippen LogP contribution in [0.15, 0.2) is 6.20 Å².